The maximum Gasteiger partial charge on any atom is 0.235 e. The highest BCUT2D eigenvalue weighted by atomic mass is 15.2. The highest BCUT2D eigenvalue weighted by molar-refractivity contribution is 6.11. The summed E-state index contributed by atoms with van der Waals surface area (Å²) in [5.74, 6) is 0.690. The number of hydrogen-bond acceptors (Lipinski definition) is 2. The van der Waals surface area contributed by atoms with Crippen LogP contribution in [-0.2, 0) is 5.41 Å². The van der Waals surface area contributed by atoms with Gasteiger partial charge in [-0.05, 0) is 69.4 Å². The number of para-hydroxylation sites is 2. The standard InChI is InChI=1S/C39H27N3/c1-39(2)32-21-26-15-7-6-14-25(26)20-29(32)30-23-36-31(22-33(30)39)27-16-9-11-19-35(27)42(36)38-40-34-18-10-8-17-28(34)37(41-38)24-12-4-3-5-13-24/h3-23H,1-2H3. The zero-order valence-corrected chi connectivity index (χ0v) is 23.5. The molecule has 1 aliphatic carbocycles. The lowest BCUT2D eigenvalue weighted by Crippen LogP contribution is -2.14. The van der Waals surface area contributed by atoms with Crippen molar-refractivity contribution >= 4 is 43.5 Å². The van der Waals surface area contributed by atoms with Gasteiger partial charge in [-0.1, -0.05) is 105 Å². The van der Waals surface area contributed by atoms with Crippen molar-refractivity contribution in [2.24, 2.45) is 0 Å². The molecule has 2 aromatic heterocycles. The topological polar surface area (TPSA) is 30.7 Å². The van der Waals surface area contributed by atoms with Crippen LogP contribution in [0.4, 0.5) is 0 Å². The normalized spacial score (nSPS) is 13.7. The van der Waals surface area contributed by atoms with Crippen molar-refractivity contribution in [3.8, 4) is 28.3 Å². The van der Waals surface area contributed by atoms with Gasteiger partial charge in [-0.2, -0.15) is 0 Å². The Morgan fingerprint density at radius 2 is 1.17 bits per heavy atom. The zero-order valence-electron chi connectivity index (χ0n) is 23.5. The Kier molecular flexibility index (Phi) is 4.67. The van der Waals surface area contributed by atoms with Gasteiger partial charge in [0.15, 0.2) is 0 Å². The molecule has 0 N–H and O–H groups in total. The molecule has 0 fully saturated rings. The van der Waals surface area contributed by atoms with E-state index in [4.69, 9.17) is 9.97 Å². The molecule has 9 rings (SSSR count). The second-order valence-electron chi connectivity index (χ2n) is 11.9. The molecule has 0 bridgehead atoms. The van der Waals surface area contributed by atoms with Gasteiger partial charge in [0.1, 0.15) is 0 Å². The van der Waals surface area contributed by atoms with Crippen molar-refractivity contribution in [2.75, 3.05) is 0 Å². The maximum absolute atomic E-state index is 5.27. The van der Waals surface area contributed by atoms with Gasteiger partial charge in [-0.15, -0.1) is 0 Å². The van der Waals surface area contributed by atoms with Crippen molar-refractivity contribution in [1.29, 1.82) is 0 Å². The van der Waals surface area contributed by atoms with Crippen molar-refractivity contribution in [1.82, 2.24) is 14.5 Å². The summed E-state index contributed by atoms with van der Waals surface area (Å²) in [6, 6.07) is 45.6. The molecule has 1 aliphatic rings. The molecule has 0 amide bonds. The lowest BCUT2D eigenvalue weighted by molar-refractivity contribution is 0.662. The molecule has 0 unspecified atom stereocenters. The molecule has 0 spiro atoms. The molecular weight excluding hydrogens is 510 g/mol. The van der Waals surface area contributed by atoms with Crippen LogP contribution >= 0.6 is 0 Å². The Morgan fingerprint density at radius 1 is 0.524 bits per heavy atom. The van der Waals surface area contributed by atoms with E-state index in [0.29, 0.717) is 5.95 Å². The minimum absolute atomic E-state index is 0.105. The Balaban J connectivity index is 1.39. The van der Waals surface area contributed by atoms with Gasteiger partial charge in [0, 0.05) is 27.1 Å². The molecule has 0 saturated carbocycles. The van der Waals surface area contributed by atoms with Crippen molar-refractivity contribution in [3.63, 3.8) is 0 Å². The molecule has 0 atom stereocenters. The molecule has 0 radical (unpaired) electrons. The van der Waals surface area contributed by atoms with Crippen LogP contribution in [0.15, 0.2) is 127 Å². The summed E-state index contributed by atoms with van der Waals surface area (Å²) in [7, 11) is 0. The number of nitrogens with zero attached hydrogens (tertiary/aromatic N) is 3. The minimum atomic E-state index is -0.105. The summed E-state index contributed by atoms with van der Waals surface area (Å²) in [6.07, 6.45) is 0. The molecule has 198 valence electrons. The average molecular weight is 538 g/mol. The third-order valence-electron chi connectivity index (χ3n) is 9.17. The highest BCUT2D eigenvalue weighted by Gasteiger charge is 2.36. The van der Waals surface area contributed by atoms with E-state index < -0.39 is 0 Å². The minimum Gasteiger partial charge on any atom is -0.278 e. The summed E-state index contributed by atoms with van der Waals surface area (Å²) < 4.78 is 2.26. The number of fused-ring (bicyclic) bond motifs is 8. The number of hydrogen-bond donors (Lipinski definition) is 0. The molecule has 0 aliphatic heterocycles. The number of rotatable bonds is 2. The van der Waals surface area contributed by atoms with Crippen LogP contribution in [0.3, 0.4) is 0 Å². The fourth-order valence-corrected chi connectivity index (χ4v) is 7.08. The van der Waals surface area contributed by atoms with E-state index in [9.17, 15) is 0 Å². The van der Waals surface area contributed by atoms with Crippen LogP contribution in [0.25, 0.3) is 71.8 Å². The predicted molar refractivity (Wildman–Crippen MR) is 174 cm³/mol. The van der Waals surface area contributed by atoms with Gasteiger partial charge < -0.3 is 0 Å². The molecule has 6 aromatic carbocycles. The van der Waals surface area contributed by atoms with Crippen LogP contribution in [0, 0.1) is 0 Å². The van der Waals surface area contributed by atoms with Gasteiger partial charge in [0.25, 0.3) is 0 Å². The molecule has 3 nitrogen and oxygen atoms in total. The lowest BCUT2D eigenvalue weighted by atomic mass is 9.81. The molecule has 2 heterocycles. The molecule has 42 heavy (non-hydrogen) atoms. The molecular formula is C39H27N3. The maximum atomic E-state index is 5.27. The Bertz CT molecular complexity index is 2380. The summed E-state index contributed by atoms with van der Waals surface area (Å²) >= 11 is 0. The van der Waals surface area contributed by atoms with E-state index in [0.717, 1.165) is 33.2 Å². The van der Waals surface area contributed by atoms with E-state index in [2.05, 4.69) is 140 Å². The van der Waals surface area contributed by atoms with Crippen LogP contribution in [-0.4, -0.2) is 14.5 Å². The third kappa shape index (κ3) is 3.16. The number of benzene rings is 6. The van der Waals surface area contributed by atoms with Crippen molar-refractivity contribution in [2.45, 2.75) is 19.3 Å². The Hall–Kier alpha value is -5.28. The van der Waals surface area contributed by atoms with Crippen LogP contribution in [0.5, 0.6) is 0 Å². The Labute approximate surface area is 243 Å². The molecule has 3 heteroatoms. The largest absolute Gasteiger partial charge is 0.278 e. The molecule has 8 aromatic rings. The van der Waals surface area contributed by atoms with E-state index in [1.165, 1.54) is 43.8 Å². The van der Waals surface area contributed by atoms with Gasteiger partial charge in [0.05, 0.1) is 22.2 Å². The first kappa shape index (κ1) is 23.4. The van der Waals surface area contributed by atoms with E-state index in [-0.39, 0.29) is 5.41 Å². The smallest absolute Gasteiger partial charge is 0.235 e. The quantitative estimate of drug-likeness (QED) is 0.220. The van der Waals surface area contributed by atoms with Crippen LogP contribution < -0.4 is 0 Å². The highest BCUT2D eigenvalue weighted by Crippen LogP contribution is 2.52. The zero-order chi connectivity index (χ0) is 28.0. The monoisotopic (exact) mass is 537 g/mol. The predicted octanol–water partition coefficient (Wildman–Crippen LogP) is 9.85. The average Bonchev–Trinajstić information content (AvgIpc) is 3.47. The fourth-order valence-electron chi connectivity index (χ4n) is 7.08. The van der Waals surface area contributed by atoms with Gasteiger partial charge in [0.2, 0.25) is 5.95 Å². The summed E-state index contributed by atoms with van der Waals surface area (Å²) in [4.78, 5) is 10.4. The van der Waals surface area contributed by atoms with Gasteiger partial charge in [-0.3, -0.25) is 4.57 Å². The van der Waals surface area contributed by atoms with Crippen LogP contribution in [0.2, 0.25) is 0 Å². The first-order valence-corrected chi connectivity index (χ1v) is 14.5. The molecule has 0 saturated heterocycles. The second kappa shape index (κ2) is 8.37. The van der Waals surface area contributed by atoms with Gasteiger partial charge >= 0.3 is 0 Å². The van der Waals surface area contributed by atoms with Gasteiger partial charge in [-0.25, -0.2) is 9.97 Å². The first-order chi connectivity index (χ1) is 20.6. The second-order valence-corrected chi connectivity index (χ2v) is 11.9. The van der Waals surface area contributed by atoms with Crippen molar-refractivity contribution in [3.05, 3.63) is 139 Å². The van der Waals surface area contributed by atoms with E-state index in [1.807, 2.05) is 6.07 Å². The Morgan fingerprint density at radius 3 is 2.00 bits per heavy atom. The van der Waals surface area contributed by atoms with E-state index >= 15 is 0 Å². The van der Waals surface area contributed by atoms with E-state index in [1.54, 1.807) is 0 Å². The third-order valence-corrected chi connectivity index (χ3v) is 9.17. The SMILES string of the molecule is CC1(C)c2cc3ccccc3cc2-c2cc3c(cc21)c1ccccc1n3-c1nc(-c2ccccc2)c2ccccc2n1. The summed E-state index contributed by atoms with van der Waals surface area (Å²) in [6.45, 7) is 4.71. The van der Waals surface area contributed by atoms with Crippen LogP contribution in [0.1, 0.15) is 25.0 Å². The fraction of sp³-hybridized carbons (Fsp3) is 0.0769. The lowest BCUT2D eigenvalue weighted by Gasteiger charge is -2.22. The number of aromatic nitrogens is 3. The van der Waals surface area contributed by atoms with Crippen molar-refractivity contribution < 1.29 is 0 Å². The summed E-state index contributed by atoms with van der Waals surface area (Å²) in [5.41, 5.74) is 10.5. The summed E-state index contributed by atoms with van der Waals surface area (Å²) in [5, 5.41) is 6.05. The first-order valence-electron chi connectivity index (χ1n) is 14.5.